The summed E-state index contributed by atoms with van der Waals surface area (Å²) in [6.45, 7) is 6.98. The summed E-state index contributed by atoms with van der Waals surface area (Å²) in [5.74, 6) is 2.50. The van der Waals surface area contributed by atoms with E-state index in [2.05, 4.69) is 273 Å². The van der Waals surface area contributed by atoms with Crippen LogP contribution in [0, 0.1) is 18.8 Å². The van der Waals surface area contributed by atoms with Gasteiger partial charge in [0.25, 0.3) is 0 Å². The maximum atomic E-state index is 2.43. The Morgan fingerprint density at radius 1 is 0.356 bits per heavy atom. The summed E-state index contributed by atoms with van der Waals surface area (Å²) in [4.78, 5) is 4.81. The molecule has 10 aromatic rings. The molecular formula is C71H60N2. The van der Waals surface area contributed by atoms with E-state index in [0.29, 0.717) is 5.92 Å². The number of fused-ring (bicyclic) bond motifs is 5. The molecule has 2 fully saturated rings. The lowest BCUT2D eigenvalue weighted by molar-refractivity contribution is 0.420. The predicted octanol–water partition coefficient (Wildman–Crippen LogP) is 19.8. The lowest BCUT2D eigenvalue weighted by Crippen LogP contribution is -2.16. The van der Waals surface area contributed by atoms with Crippen molar-refractivity contribution >= 4 is 34.1 Å². The van der Waals surface area contributed by atoms with E-state index in [0.717, 1.165) is 40.3 Å². The van der Waals surface area contributed by atoms with Gasteiger partial charge < -0.3 is 9.80 Å². The zero-order chi connectivity index (χ0) is 49.0. The fourth-order valence-electron chi connectivity index (χ4n) is 13.0. The number of hydrogen-bond acceptors (Lipinski definition) is 2. The maximum absolute atomic E-state index is 2.43. The van der Waals surface area contributed by atoms with E-state index in [1.165, 1.54) is 109 Å². The molecule has 0 saturated heterocycles. The topological polar surface area (TPSA) is 6.48 Å². The zero-order valence-electron chi connectivity index (χ0n) is 42.0. The minimum atomic E-state index is -0.110. The average Bonchev–Trinajstić information content (AvgIpc) is 4.15. The fourth-order valence-corrected chi connectivity index (χ4v) is 13.0. The predicted molar refractivity (Wildman–Crippen MR) is 308 cm³/mol. The highest BCUT2D eigenvalue weighted by molar-refractivity contribution is 5.96. The Hall–Kier alpha value is -8.20. The second-order valence-corrected chi connectivity index (χ2v) is 21.3. The van der Waals surface area contributed by atoms with Gasteiger partial charge in [-0.25, -0.2) is 0 Å². The van der Waals surface area contributed by atoms with Crippen LogP contribution < -0.4 is 9.80 Å². The number of anilines is 6. The highest BCUT2D eigenvalue weighted by Gasteiger charge is 2.40. The van der Waals surface area contributed by atoms with Gasteiger partial charge in [-0.2, -0.15) is 0 Å². The van der Waals surface area contributed by atoms with Crippen LogP contribution in [0.3, 0.4) is 0 Å². The van der Waals surface area contributed by atoms with E-state index in [1.807, 2.05) is 0 Å². The van der Waals surface area contributed by atoms with Crippen LogP contribution in [0.25, 0.3) is 55.6 Å². The Morgan fingerprint density at radius 2 is 0.795 bits per heavy atom. The monoisotopic (exact) mass is 940 g/mol. The van der Waals surface area contributed by atoms with Gasteiger partial charge in [0, 0.05) is 39.5 Å². The Morgan fingerprint density at radius 3 is 1.27 bits per heavy atom. The molecule has 2 bridgehead atoms. The Kier molecular flexibility index (Phi) is 11.3. The Bertz CT molecular complexity index is 3580. The van der Waals surface area contributed by atoms with Crippen LogP contribution in [-0.4, -0.2) is 0 Å². The van der Waals surface area contributed by atoms with Crippen LogP contribution >= 0.6 is 0 Å². The van der Waals surface area contributed by atoms with Crippen molar-refractivity contribution in [2.45, 2.75) is 57.8 Å². The molecule has 2 nitrogen and oxygen atoms in total. The Balaban J connectivity index is 0.893. The van der Waals surface area contributed by atoms with Gasteiger partial charge in [0.05, 0.1) is 0 Å². The molecule has 2 saturated carbocycles. The quantitative estimate of drug-likeness (QED) is 0.127. The van der Waals surface area contributed by atoms with E-state index in [1.54, 1.807) is 0 Å². The van der Waals surface area contributed by atoms with Gasteiger partial charge in [0.1, 0.15) is 0 Å². The molecule has 0 aliphatic heterocycles. The van der Waals surface area contributed by atoms with Gasteiger partial charge in [-0.3, -0.25) is 0 Å². The minimum Gasteiger partial charge on any atom is -0.311 e. The third-order valence-corrected chi connectivity index (χ3v) is 16.7. The van der Waals surface area contributed by atoms with E-state index in [9.17, 15) is 0 Å². The van der Waals surface area contributed by atoms with Crippen LogP contribution in [-0.2, 0) is 5.41 Å². The normalized spacial score (nSPS) is 17.0. The number of para-hydroxylation sites is 2. The van der Waals surface area contributed by atoms with Crippen LogP contribution in [0.15, 0.2) is 243 Å². The summed E-state index contributed by atoms with van der Waals surface area (Å²) >= 11 is 0. The fraction of sp³-hybridized carbons (Fsp3) is 0.155. The van der Waals surface area contributed by atoms with E-state index < -0.39 is 0 Å². The summed E-state index contributed by atoms with van der Waals surface area (Å²) in [7, 11) is 0. The van der Waals surface area contributed by atoms with Crippen molar-refractivity contribution in [3.05, 3.63) is 265 Å². The molecule has 0 heterocycles. The summed E-state index contributed by atoms with van der Waals surface area (Å²) in [6.07, 6.45) is 5.60. The molecule has 10 aromatic carbocycles. The molecule has 13 rings (SSSR count). The second kappa shape index (κ2) is 18.4. The van der Waals surface area contributed by atoms with Gasteiger partial charge in [-0.15, -0.1) is 0 Å². The number of nitrogens with zero attached hydrogens (tertiary/aromatic N) is 2. The van der Waals surface area contributed by atoms with Gasteiger partial charge in [0.2, 0.25) is 0 Å². The van der Waals surface area contributed by atoms with Crippen molar-refractivity contribution in [3.63, 3.8) is 0 Å². The van der Waals surface area contributed by atoms with E-state index >= 15 is 0 Å². The largest absolute Gasteiger partial charge is 0.311 e. The number of aryl methyl sites for hydroxylation is 1. The van der Waals surface area contributed by atoms with Gasteiger partial charge >= 0.3 is 0 Å². The molecule has 2 heteroatoms. The summed E-state index contributed by atoms with van der Waals surface area (Å²) in [6, 6.07) is 90.1. The molecule has 354 valence electrons. The van der Waals surface area contributed by atoms with Crippen molar-refractivity contribution < 1.29 is 0 Å². The SMILES string of the molecule is Cc1cccc2c1-c1ccc(N(c3ccccc3)c3ccc(-c4cc(-c5ccccc5)c(-c5ccc(N(c6ccccc6)c6ccc(C7CC8CCC7C8)cc6)cc5)cc4-c4ccccc4)cc3)cc1C2(C)C. The first-order chi connectivity index (χ1) is 35.9. The summed E-state index contributed by atoms with van der Waals surface area (Å²) in [5.41, 5.74) is 24.6. The van der Waals surface area contributed by atoms with Gasteiger partial charge in [0.15, 0.2) is 0 Å². The van der Waals surface area contributed by atoms with Crippen molar-refractivity contribution in [1.29, 1.82) is 0 Å². The van der Waals surface area contributed by atoms with Gasteiger partial charge in [-0.05, 0) is 207 Å². The number of hydrogen-bond donors (Lipinski definition) is 0. The standard InChI is InChI=1S/C71H60N2/c1-48-17-16-26-68-70(48)62-42-41-61(45-69(62)71(68,2)3)73(57-24-14-7-15-25-57)60-39-33-54(34-40-60)67-47-64(50-18-8-4-9-19-50)66(46-65(67)51-20-10-5-11-21-51)53-31-37-59(38-32-53)72(56-22-12-6-13-23-56)58-35-29-52(30-36-58)63-44-49-27-28-55(63)43-49/h4-26,29-42,45-47,49,55,63H,27-28,43-44H2,1-3H3. The molecule has 3 unspecified atom stereocenters. The first-order valence-corrected chi connectivity index (χ1v) is 26.4. The molecule has 3 atom stereocenters. The molecule has 0 spiro atoms. The van der Waals surface area contributed by atoms with Crippen molar-refractivity contribution in [2.24, 2.45) is 11.8 Å². The highest BCUT2D eigenvalue weighted by Crippen LogP contribution is 2.54. The molecule has 3 aliphatic rings. The number of benzene rings is 10. The van der Waals surface area contributed by atoms with Crippen LogP contribution in [0.2, 0.25) is 0 Å². The van der Waals surface area contributed by atoms with E-state index in [-0.39, 0.29) is 5.41 Å². The van der Waals surface area contributed by atoms with Crippen molar-refractivity contribution in [1.82, 2.24) is 0 Å². The van der Waals surface area contributed by atoms with Gasteiger partial charge in [-0.1, -0.05) is 178 Å². The molecule has 0 N–H and O–H groups in total. The highest BCUT2D eigenvalue weighted by atomic mass is 15.1. The molecule has 73 heavy (non-hydrogen) atoms. The maximum Gasteiger partial charge on any atom is 0.0465 e. The molecule has 0 aromatic heterocycles. The first kappa shape index (κ1) is 44.7. The first-order valence-electron chi connectivity index (χ1n) is 26.4. The second-order valence-electron chi connectivity index (χ2n) is 21.3. The summed E-state index contributed by atoms with van der Waals surface area (Å²) < 4.78 is 0. The third-order valence-electron chi connectivity index (χ3n) is 16.7. The lowest BCUT2D eigenvalue weighted by atomic mass is 9.82. The van der Waals surface area contributed by atoms with Crippen LogP contribution in [0.5, 0.6) is 0 Å². The third kappa shape index (κ3) is 8.07. The average molecular weight is 941 g/mol. The smallest absolute Gasteiger partial charge is 0.0465 e. The molecule has 0 radical (unpaired) electrons. The molecule has 3 aliphatic carbocycles. The molecular weight excluding hydrogens is 881 g/mol. The van der Waals surface area contributed by atoms with Crippen molar-refractivity contribution in [2.75, 3.05) is 9.80 Å². The Labute approximate surface area is 431 Å². The summed E-state index contributed by atoms with van der Waals surface area (Å²) in [5, 5.41) is 0. The minimum absolute atomic E-state index is 0.110. The van der Waals surface area contributed by atoms with Crippen LogP contribution in [0.4, 0.5) is 34.1 Å². The number of rotatable bonds is 11. The van der Waals surface area contributed by atoms with Crippen molar-refractivity contribution in [3.8, 4) is 55.6 Å². The van der Waals surface area contributed by atoms with Crippen LogP contribution in [0.1, 0.15) is 67.7 Å². The van der Waals surface area contributed by atoms with E-state index in [4.69, 9.17) is 0 Å². The zero-order valence-corrected chi connectivity index (χ0v) is 42.0. The lowest BCUT2D eigenvalue weighted by Gasteiger charge is -2.28. The molecule has 0 amide bonds.